The number of ether oxygens (including phenoxy) is 2. The topological polar surface area (TPSA) is 120 Å². The number of carbonyl (C=O) groups excluding carboxylic acids is 2. The molecule has 0 bridgehead atoms. The van der Waals surface area contributed by atoms with Crippen molar-refractivity contribution in [3.05, 3.63) is 143 Å². The van der Waals surface area contributed by atoms with Crippen molar-refractivity contribution < 1.29 is 29.4 Å². The summed E-state index contributed by atoms with van der Waals surface area (Å²) in [5, 5.41) is 21.2. The van der Waals surface area contributed by atoms with Gasteiger partial charge in [0.2, 0.25) is 11.8 Å². The number of hydrogen-bond acceptors (Lipinski definition) is 7. The van der Waals surface area contributed by atoms with Crippen LogP contribution in [0.1, 0.15) is 90.7 Å². The maximum absolute atomic E-state index is 12.4. The van der Waals surface area contributed by atoms with E-state index in [1.165, 1.54) is 11.1 Å². The van der Waals surface area contributed by atoms with Crippen LogP contribution in [0.25, 0.3) is 0 Å². The molecule has 3 atom stereocenters. The zero-order chi connectivity index (χ0) is 35.0. The standard InChI is InChI=1S/C41H49N3O6/c45-30-34-19-21-35(22-20-34)38-25-37(29-44(27-32-11-5-3-6-12-32)28-33-13-7-4-8-14-33)49-41(50-38)36-23-17-31(18-24-36)26-42-39(46)15-9-1-2-10-16-40(47)43-48/h3-8,11-14,17-24,37-38,41,45,48H,1-2,9-10,15-16,25-30H2,(H,42,46)(H,43,47)/t37-,38+,41+/m1/s1. The van der Waals surface area contributed by atoms with E-state index in [-0.39, 0.29) is 37.0 Å². The summed E-state index contributed by atoms with van der Waals surface area (Å²) in [5.74, 6) is -0.387. The number of nitrogens with zero attached hydrogens (tertiary/aromatic N) is 1. The first-order valence-electron chi connectivity index (χ1n) is 17.6. The van der Waals surface area contributed by atoms with E-state index in [0.29, 0.717) is 25.8 Å². The highest BCUT2D eigenvalue weighted by Gasteiger charge is 2.33. The molecule has 0 saturated carbocycles. The minimum atomic E-state index is -0.571. The van der Waals surface area contributed by atoms with E-state index >= 15 is 0 Å². The number of nitrogens with one attached hydrogen (secondary N) is 2. The van der Waals surface area contributed by atoms with Crippen LogP contribution in [0.2, 0.25) is 0 Å². The number of amides is 2. The molecule has 0 unspecified atom stereocenters. The smallest absolute Gasteiger partial charge is 0.243 e. The van der Waals surface area contributed by atoms with Crippen molar-refractivity contribution in [1.82, 2.24) is 15.7 Å². The Hall–Kier alpha value is -4.38. The number of hydroxylamine groups is 1. The molecule has 1 fully saturated rings. The Morgan fingerprint density at radius 3 is 1.80 bits per heavy atom. The van der Waals surface area contributed by atoms with Gasteiger partial charge >= 0.3 is 0 Å². The summed E-state index contributed by atoms with van der Waals surface area (Å²) in [5.41, 5.74) is 7.93. The first-order valence-corrected chi connectivity index (χ1v) is 17.6. The quantitative estimate of drug-likeness (QED) is 0.0514. The normalized spacial score (nSPS) is 17.4. The molecule has 9 nitrogen and oxygen atoms in total. The molecule has 0 aliphatic carbocycles. The molecular weight excluding hydrogens is 630 g/mol. The summed E-state index contributed by atoms with van der Waals surface area (Å²) in [6.45, 7) is 2.73. The fourth-order valence-corrected chi connectivity index (χ4v) is 6.25. The summed E-state index contributed by atoms with van der Waals surface area (Å²) in [6.07, 6.45) is 3.68. The molecule has 4 aromatic carbocycles. The van der Waals surface area contributed by atoms with Crippen molar-refractivity contribution in [2.75, 3.05) is 6.54 Å². The third-order valence-corrected chi connectivity index (χ3v) is 9.00. The van der Waals surface area contributed by atoms with Crippen molar-refractivity contribution >= 4 is 11.8 Å². The van der Waals surface area contributed by atoms with Gasteiger partial charge in [0, 0.05) is 51.0 Å². The van der Waals surface area contributed by atoms with E-state index < -0.39 is 6.29 Å². The molecule has 1 aliphatic heterocycles. The number of carbonyl (C=O) groups is 2. The van der Waals surface area contributed by atoms with Gasteiger partial charge in [-0.1, -0.05) is 122 Å². The highest BCUT2D eigenvalue weighted by molar-refractivity contribution is 5.75. The van der Waals surface area contributed by atoms with Crippen LogP contribution >= 0.6 is 0 Å². The van der Waals surface area contributed by atoms with Gasteiger partial charge in [-0.25, -0.2) is 5.48 Å². The number of aliphatic hydroxyl groups excluding tert-OH is 1. The predicted octanol–water partition coefficient (Wildman–Crippen LogP) is 6.89. The van der Waals surface area contributed by atoms with Crippen LogP contribution in [0, 0.1) is 0 Å². The van der Waals surface area contributed by atoms with Gasteiger partial charge in [0.15, 0.2) is 6.29 Å². The second-order valence-corrected chi connectivity index (χ2v) is 13.0. The Morgan fingerprint density at radius 2 is 1.22 bits per heavy atom. The fourth-order valence-electron chi connectivity index (χ4n) is 6.25. The van der Waals surface area contributed by atoms with Crippen LogP contribution in [0.4, 0.5) is 0 Å². The number of aliphatic hydroxyl groups is 1. The average Bonchev–Trinajstić information content (AvgIpc) is 3.16. The van der Waals surface area contributed by atoms with Crippen LogP contribution in [0.15, 0.2) is 109 Å². The van der Waals surface area contributed by atoms with Gasteiger partial charge in [0.05, 0.1) is 18.8 Å². The maximum atomic E-state index is 12.4. The number of rotatable bonds is 18. The molecule has 2 amide bonds. The van der Waals surface area contributed by atoms with E-state index in [9.17, 15) is 14.7 Å². The van der Waals surface area contributed by atoms with E-state index in [1.807, 2.05) is 60.7 Å². The van der Waals surface area contributed by atoms with Crippen molar-refractivity contribution in [2.24, 2.45) is 0 Å². The predicted molar refractivity (Wildman–Crippen MR) is 191 cm³/mol. The Balaban J connectivity index is 1.22. The molecular formula is C41H49N3O6. The zero-order valence-electron chi connectivity index (χ0n) is 28.6. The SMILES string of the molecule is O=C(CCCCCCC(=O)NCc1ccc([C@H]2O[C@@H](CN(Cc3ccccc3)Cc3ccccc3)C[C@@H](c3ccc(CO)cc3)O2)cc1)NO. The van der Waals surface area contributed by atoms with E-state index in [0.717, 1.165) is 61.2 Å². The molecule has 264 valence electrons. The van der Waals surface area contributed by atoms with Crippen molar-refractivity contribution in [3.8, 4) is 0 Å². The zero-order valence-corrected chi connectivity index (χ0v) is 28.6. The molecule has 0 spiro atoms. The Labute approximate surface area is 295 Å². The highest BCUT2D eigenvalue weighted by Crippen LogP contribution is 2.38. The van der Waals surface area contributed by atoms with Crippen molar-refractivity contribution in [2.45, 2.75) is 89.7 Å². The first kappa shape index (κ1) is 36.9. The minimum Gasteiger partial charge on any atom is -0.392 e. The Kier molecular flexibility index (Phi) is 14.5. The monoisotopic (exact) mass is 679 g/mol. The molecule has 1 aliphatic rings. The summed E-state index contributed by atoms with van der Waals surface area (Å²) < 4.78 is 13.3. The Bertz CT molecular complexity index is 1540. The summed E-state index contributed by atoms with van der Waals surface area (Å²) >= 11 is 0. The van der Waals surface area contributed by atoms with Crippen LogP contribution in [0.3, 0.4) is 0 Å². The molecule has 4 aromatic rings. The first-order chi connectivity index (χ1) is 24.5. The lowest BCUT2D eigenvalue weighted by atomic mass is 9.99. The van der Waals surface area contributed by atoms with Gasteiger partial charge in [0.1, 0.15) is 0 Å². The molecule has 1 heterocycles. The summed E-state index contributed by atoms with van der Waals surface area (Å²) in [6, 6.07) is 37.0. The van der Waals surface area contributed by atoms with Crippen LogP contribution in [-0.4, -0.2) is 39.7 Å². The third kappa shape index (κ3) is 11.9. The second-order valence-electron chi connectivity index (χ2n) is 13.0. The van der Waals surface area contributed by atoms with Crippen LogP contribution in [0.5, 0.6) is 0 Å². The lowest BCUT2D eigenvalue weighted by molar-refractivity contribution is -0.253. The number of hydrogen-bond donors (Lipinski definition) is 4. The molecule has 9 heteroatoms. The Morgan fingerprint density at radius 1 is 0.660 bits per heavy atom. The molecule has 0 radical (unpaired) electrons. The second kappa shape index (κ2) is 19.7. The van der Waals surface area contributed by atoms with Gasteiger partial charge in [-0.15, -0.1) is 0 Å². The maximum Gasteiger partial charge on any atom is 0.243 e. The van der Waals surface area contributed by atoms with Gasteiger partial charge in [0.25, 0.3) is 0 Å². The van der Waals surface area contributed by atoms with Gasteiger partial charge in [-0.3, -0.25) is 19.7 Å². The number of benzene rings is 4. The fraction of sp³-hybridized carbons (Fsp3) is 0.366. The van der Waals surface area contributed by atoms with Crippen LogP contribution in [-0.2, 0) is 45.3 Å². The largest absolute Gasteiger partial charge is 0.392 e. The van der Waals surface area contributed by atoms with Crippen LogP contribution < -0.4 is 10.8 Å². The van der Waals surface area contributed by atoms with Crippen molar-refractivity contribution in [1.29, 1.82) is 0 Å². The summed E-state index contributed by atoms with van der Waals surface area (Å²) in [7, 11) is 0. The van der Waals surface area contributed by atoms with Gasteiger partial charge < -0.3 is 19.9 Å². The van der Waals surface area contributed by atoms with Gasteiger partial charge in [-0.2, -0.15) is 0 Å². The molecule has 50 heavy (non-hydrogen) atoms. The van der Waals surface area contributed by atoms with E-state index in [2.05, 4.69) is 58.7 Å². The average molecular weight is 680 g/mol. The van der Waals surface area contributed by atoms with Gasteiger partial charge in [-0.05, 0) is 40.7 Å². The van der Waals surface area contributed by atoms with E-state index in [4.69, 9.17) is 14.7 Å². The minimum absolute atomic E-state index is 0.00501. The molecule has 5 rings (SSSR count). The third-order valence-electron chi connectivity index (χ3n) is 9.00. The lowest BCUT2D eigenvalue weighted by Gasteiger charge is -2.38. The highest BCUT2D eigenvalue weighted by atomic mass is 16.7. The molecule has 1 saturated heterocycles. The lowest BCUT2D eigenvalue weighted by Crippen LogP contribution is -2.39. The number of unbranched alkanes of at least 4 members (excludes halogenated alkanes) is 3. The van der Waals surface area contributed by atoms with Crippen molar-refractivity contribution in [3.63, 3.8) is 0 Å². The molecule has 0 aromatic heterocycles. The van der Waals surface area contributed by atoms with E-state index in [1.54, 1.807) is 5.48 Å². The summed E-state index contributed by atoms with van der Waals surface area (Å²) in [4.78, 5) is 25.9. The molecule has 4 N–H and O–H groups in total.